The largest absolute Gasteiger partial charge is 0.378 e. The minimum absolute atomic E-state index is 0.187. The molecule has 1 aliphatic heterocycles. The Morgan fingerprint density at radius 2 is 2.36 bits per heavy atom. The second kappa shape index (κ2) is 6.22. The van der Waals surface area contributed by atoms with Gasteiger partial charge < -0.3 is 15.4 Å². The Labute approximate surface area is 89.3 Å². The van der Waals surface area contributed by atoms with Crippen LogP contribution in [-0.2, 0) is 9.53 Å². The number of likely N-dealkylation sites (tertiary alicyclic amines) is 1. The molecule has 0 bridgehead atoms. The van der Waals surface area contributed by atoms with Crippen LogP contribution in [0, 0.1) is 5.92 Å². The van der Waals surface area contributed by atoms with Crippen molar-refractivity contribution in [2.24, 2.45) is 11.7 Å². The summed E-state index contributed by atoms with van der Waals surface area (Å²) in [6, 6.07) is 0. The first-order chi connectivity index (χ1) is 6.77. The van der Waals surface area contributed by atoms with Crippen LogP contribution >= 0.6 is 11.6 Å². The van der Waals surface area contributed by atoms with Crippen LogP contribution in [0.25, 0.3) is 0 Å². The molecule has 2 N–H and O–H groups in total. The fourth-order valence-corrected chi connectivity index (χ4v) is 1.74. The van der Waals surface area contributed by atoms with Gasteiger partial charge in [0, 0.05) is 31.9 Å². The molecule has 1 amide bonds. The number of alkyl halides is 1. The van der Waals surface area contributed by atoms with Crippen molar-refractivity contribution >= 4 is 17.5 Å². The molecule has 5 heteroatoms. The van der Waals surface area contributed by atoms with Crippen molar-refractivity contribution in [1.29, 1.82) is 0 Å². The van der Waals surface area contributed by atoms with Crippen LogP contribution in [0.2, 0.25) is 0 Å². The molecule has 1 saturated heterocycles. The Hall–Kier alpha value is -0.320. The molecule has 1 atom stereocenters. The van der Waals surface area contributed by atoms with E-state index in [1.165, 1.54) is 0 Å². The highest BCUT2D eigenvalue weighted by atomic mass is 35.5. The Bertz CT molecular complexity index is 190. The van der Waals surface area contributed by atoms with Crippen LogP contribution in [0.5, 0.6) is 0 Å². The summed E-state index contributed by atoms with van der Waals surface area (Å²) in [6.07, 6.45) is 0.584. The van der Waals surface area contributed by atoms with E-state index in [1.807, 2.05) is 4.90 Å². The standard InChI is InChI=1S/C9H17ClN2O2/c10-6-8-5-9(13)12(7-8)2-4-14-3-1-11/h8H,1-7,11H2. The van der Waals surface area contributed by atoms with Crippen molar-refractivity contribution in [1.82, 2.24) is 4.90 Å². The van der Waals surface area contributed by atoms with Crippen molar-refractivity contribution in [3.63, 3.8) is 0 Å². The molecule has 0 aromatic rings. The molecule has 1 rings (SSSR count). The summed E-state index contributed by atoms with van der Waals surface area (Å²) in [6.45, 7) is 3.08. The topological polar surface area (TPSA) is 55.6 Å². The molecule has 1 heterocycles. The van der Waals surface area contributed by atoms with E-state index in [0.29, 0.717) is 44.5 Å². The molecular formula is C9H17ClN2O2. The number of hydrogen-bond acceptors (Lipinski definition) is 3. The monoisotopic (exact) mass is 220 g/mol. The van der Waals surface area contributed by atoms with E-state index in [0.717, 1.165) is 6.54 Å². The zero-order chi connectivity index (χ0) is 10.4. The van der Waals surface area contributed by atoms with E-state index in [9.17, 15) is 4.79 Å². The molecule has 0 aromatic heterocycles. The Balaban J connectivity index is 2.15. The maximum atomic E-state index is 11.4. The molecule has 4 nitrogen and oxygen atoms in total. The van der Waals surface area contributed by atoms with E-state index in [4.69, 9.17) is 22.1 Å². The van der Waals surface area contributed by atoms with Gasteiger partial charge in [-0.05, 0) is 5.92 Å². The maximum absolute atomic E-state index is 11.4. The van der Waals surface area contributed by atoms with Gasteiger partial charge in [-0.15, -0.1) is 11.6 Å². The van der Waals surface area contributed by atoms with Crippen molar-refractivity contribution < 1.29 is 9.53 Å². The van der Waals surface area contributed by atoms with Gasteiger partial charge in [-0.25, -0.2) is 0 Å². The van der Waals surface area contributed by atoms with Gasteiger partial charge in [0.05, 0.1) is 13.2 Å². The summed E-state index contributed by atoms with van der Waals surface area (Å²) >= 11 is 5.70. The zero-order valence-electron chi connectivity index (χ0n) is 8.25. The number of nitrogens with two attached hydrogens (primary N) is 1. The van der Waals surface area contributed by atoms with Gasteiger partial charge in [0.25, 0.3) is 0 Å². The van der Waals surface area contributed by atoms with Crippen LogP contribution in [-0.4, -0.2) is 49.5 Å². The second-order valence-corrected chi connectivity index (χ2v) is 3.77. The van der Waals surface area contributed by atoms with Crippen LogP contribution in [0.4, 0.5) is 0 Å². The lowest BCUT2D eigenvalue weighted by Gasteiger charge is -2.15. The number of hydrogen-bond donors (Lipinski definition) is 1. The lowest BCUT2D eigenvalue weighted by Crippen LogP contribution is -2.29. The van der Waals surface area contributed by atoms with Gasteiger partial charge in [0.15, 0.2) is 0 Å². The first-order valence-corrected chi connectivity index (χ1v) is 5.43. The highest BCUT2D eigenvalue weighted by Gasteiger charge is 2.28. The highest BCUT2D eigenvalue weighted by molar-refractivity contribution is 6.18. The third-order valence-electron chi connectivity index (χ3n) is 2.28. The average Bonchev–Trinajstić information content (AvgIpc) is 2.54. The van der Waals surface area contributed by atoms with Crippen LogP contribution in [0.1, 0.15) is 6.42 Å². The first-order valence-electron chi connectivity index (χ1n) is 4.89. The molecule has 1 fully saturated rings. The van der Waals surface area contributed by atoms with E-state index >= 15 is 0 Å². The van der Waals surface area contributed by atoms with Crippen LogP contribution in [0.15, 0.2) is 0 Å². The molecule has 0 spiro atoms. The van der Waals surface area contributed by atoms with Crippen molar-refractivity contribution in [3.05, 3.63) is 0 Å². The van der Waals surface area contributed by atoms with E-state index in [-0.39, 0.29) is 5.91 Å². The van der Waals surface area contributed by atoms with E-state index in [2.05, 4.69) is 0 Å². The van der Waals surface area contributed by atoms with Gasteiger partial charge in [-0.3, -0.25) is 4.79 Å². The van der Waals surface area contributed by atoms with Crippen LogP contribution in [0.3, 0.4) is 0 Å². The zero-order valence-corrected chi connectivity index (χ0v) is 9.00. The lowest BCUT2D eigenvalue weighted by molar-refractivity contribution is -0.128. The Morgan fingerprint density at radius 1 is 1.57 bits per heavy atom. The molecule has 0 saturated carbocycles. The maximum Gasteiger partial charge on any atom is 0.223 e. The predicted octanol–water partition coefficient (Wildman–Crippen LogP) is 0.0490. The quantitative estimate of drug-likeness (QED) is 0.508. The molecule has 14 heavy (non-hydrogen) atoms. The summed E-state index contributed by atoms with van der Waals surface area (Å²) < 4.78 is 5.21. The summed E-state index contributed by atoms with van der Waals surface area (Å²) in [5, 5.41) is 0. The number of nitrogens with zero attached hydrogens (tertiary/aromatic N) is 1. The SMILES string of the molecule is NCCOCCN1CC(CCl)CC1=O. The fraction of sp³-hybridized carbons (Fsp3) is 0.889. The number of carbonyl (C=O) groups excluding carboxylic acids is 1. The minimum atomic E-state index is 0.187. The number of rotatable bonds is 6. The van der Waals surface area contributed by atoms with Gasteiger partial charge in [-0.2, -0.15) is 0 Å². The van der Waals surface area contributed by atoms with Gasteiger partial charge in [0.1, 0.15) is 0 Å². The van der Waals surface area contributed by atoms with Crippen molar-refractivity contribution in [3.8, 4) is 0 Å². The number of ether oxygens (including phenoxy) is 1. The summed E-state index contributed by atoms with van der Waals surface area (Å²) in [7, 11) is 0. The minimum Gasteiger partial charge on any atom is -0.378 e. The van der Waals surface area contributed by atoms with Crippen molar-refractivity contribution in [2.75, 3.05) is 38.7 Å². The third-order valence-corrected chi connectivity index (χ3v) is 2.72. The van der Waals surface area contributed by atoms with E-state index < -0.39 is 0 Å². The molecule has 82 valence electrons. The van der Waals surface area contributed by atoms with Gasteiger partial charge in [0.2, 0.25) is 5.91 Å². The van der Waals surface area contributed by atoms with Gasteiger partial charge in [-0.1, -0.05) is 0 Å². The smallest absolute Gasteiger partial charge is 0.223 e. The average molecular weight is 221 g/mol. The molecule has 0 aromatic carbocycles. The molecule has 0 radical (unpaired) electrons. The number of carbonyl (C=O) groups is 1. The normalized spacial score (nSPS) is 22.0. The highest BCUT2D eigenvalue weighted by Crippen LogP contribution is 2.18. The summed E-state index contributed by atoms with van der Waals surface area (Å²) in [5.74, 6) is 1.07. The van der Waals surface area contributed by atoms with Gasteiger partial charge >= 0.3 is 0 Å². The Morgan fingerprint density at radius 3 is 2.93 bits per heavy atom. The number of amides is 1. The van der Waals surface area contributed by atoms with E-state index in [1.54, 1.807) is 0 Å². The second-order valence-electron chi connectivity index (χ2n) is 3.47. The third kappa shape index (κ3) is 3.44. The predicted molar refractivity (Wildman–Crippen MR) is 55.3 cm³/mol. The molecule has 1 unspecified atom stereocenters. The van der Waals surface area contributed by atoms with Crippen molar-refractivity contribution in [2.45, 2.75) is 6.42 Å². The molecule has 0 aliphatic carbocycles. The summed E-state index contributed by atoms with van der Waals surface area (Å²) in [4.78, 5) is 13.2. The summed E-state index contributed by atoms with van der Waals surface area (Å²) in [5.41, 5.74) is 5.27. The molecular weight excluding hydrogens is 204 g/mol. The first kappa shape index (κ1) is 11.8. The lowest BCUT2D eigenvalue weighted by atomic mass is 10.2. The molecule has 1 aliphatic rings. The van der Waals surface area contributed by atoms with Crippen LogP contribution < -0.4 is 5.73 Å². The number of halogens is 1. The Kier molecular flexibility index (Phi) is 5.22. The fourth-order valence-electron chi connectivity index (χ4n) is 1.53.